The van der Waals surface area contributed by atoms with E-state index in [2.05, 4.69) is 10.4 Å². The fourth-order valence-electron chi connectivity index (χ4n) is 3.16. The molecule has 0 radical (unpaired) electrons. The Bertz CT molecular complexity index is 1160. The molecule has 30 heavy (non-hydrogen) atoms. The number of anilines is 2. The van der Waals surface area contributed by atoms with Crippen LogP contribution in [0, 0.1) is 0 Å². The SMILES string of the molecule is COC(=O)C(=NN(C)c1ccc(NC(C)=O)cc1O)c1ccc2ccccc2[n+]1C. The number of carbonyl (C=O) groups excluding carboxylic acids is 2. The third-order valence-corrected chi connectivity index (χ3v) is 4.60. The zero-order chi connectivity index (χ0) is 21.8. The van der Waals surface area contributed by atoms with Gasteiger partial charge < -0.3 is 15.2 Å². The molecule has 0 atom stereocenters. The molecule has 0 saturated heterocycles. The van der Waals surface area contributed by atoms with Crippen molar-refractivity contribution in [2.45, 2.75) is 6.92 Å². The standard InChI is InChI=1S/C22H22N4O4/c1-14(27)23-16-10-12-18(20(28)13-16)26(3)24-21(22(29)30-4)19-11-9-15-7-5-6-8-17(15)25(19)2/h5-13H,1-4H3,(H-,23,24,27,28)/p+1. The molecule has 0 fully saturated rings. The van der Waals surface area contributed by atoms with Crippen molar-refractivity contribution in [3.05, 3.63) is 60.3 Å². The molecule has 154 valence electrons. The van der Waals surface area contributed by atoms with Crippen LogP contribution in [0.2, 0.25) is 0 Å². The number of hydrogen-bond donors (Lipinski definition) is 2. The Morgan fingerprint density at radius 1 is 1.13 bits per heavy atom. The number of hydrazone groups is 1. The van der Waals surface area contributed by atoms with Crippen LogP contribution in [-0.4, -0.2) is 36.9 Å². The number of pyridine rings is 1. The van der Waals surface area contributed by atoms with E-state index in [-0.39, 0.29) is 17.4 Å². The minimum Gasteiger partial charge on any atom is -0.506 e. The molecule has 2 N–H and O–H groups in total. The molecular weight excluding hydrogens is 384 g/mol. The highest BCUT2D eigenvalue weighted by molar-refractivity contribution is 6.42. The van der Waals surface area contributed by atoms with Crippen molar-refractivity contribution in [1.82, 2.24) is 0 Å². The summed E-state index contributed by atoms with van der Waals surface area (Å²) in [5.74, 6) is -0.952. The first-order valence-corrected chi connectivity index (χ1v) is 9.21. The van der Waals surface area contributed by atoms with Crippen molar-refractivity contribution < 1.29 is 24.0 Å². The molecular formula is C22H23N4O4+. The first kappa shape index (κ1) is 20.8. The number of aryl methyl sites for hydroxylation is 1. The van der Waals surface area contributed by atoms with E-state index in [0.717, 1.165) is 10.9 Å². The molecule has 0 spiro atoms. The summed E-state index contributed by atoms with van der Waals surface area (Å²) >= 11 is 0. The summed E-state index contributed by atoms with van der Waals surface area (Å²) in [6.45, 7) is 1.38. The summed E-state index contributed by atoms with van der Waals surface area (Å²) in [4.78, 5) is 23.7. The van der Waals surface area contributed by atoms with Gasteiger partial charge in [0, 0.05) is 43.2 Å². The van der Waals surface area contributed by atoms with E-state index < -0.39 is 5.97 Å². The first-order chi connectivity index (χ1) is 14.3. The molecule has 3 aromatic rings. The number of benzene rings is 2. The number of esters is 1. The van der Waals surface area contributed by atoms with Gasteiger partial charge in [0.1, 0.15) is 18.5 Å². The van der Waals surface area contributed by atoms with E-state index in [1.54, 1.807) is 25.2 Å². The second kappa shape index (κ2) is 8.60. The van der Waals surface area contributed by atoms with Crippen molar-refractivity contribution in [1.29, 1.82) is 0 Å². The molecule has 1 aromatic heterocycles. The van der Waals surface area contributed by atoms with Crippen LogP contribution in [0.4, 0.5) is 11.4 Å². The molecule has 0 aliphatic heterocycles. The Balaban J connectivity index is 2.05. The predicted molar refractivity (Wildman–Crippen MR) is 114 cm³/mol. The Kier molecular flexibility index (Phi) is 5.96. The number of aromatic nitrogens is 1. The molecule has 1 heterocycles. The van der Waals surface area contributed by atoms with Crippen LogP contribution >= 0.6 is 0 Å². The number of rotatable bonds is 5. The van der Waals surface area contributed by atoms with Gasteiger partial charge >= 0.3 is 5.97 Å². The summed E-state index contributed by atoms with van der Waals surface area (Å²) in [6.07, 6.45) is 0. The molecule has 8 nitrogen and oxygen atoms in total. The van der Waals surface area contributed by atoms with Crippen molar-refractivity contribution >= 4 is 39.9 Å². The highest BCUT2D eigenvalue weighted by atomic mass is 16.5. The van der Waals surface area contributed by atoms with Crippen molar-refractivity contribution in [3.63, 3.8) is 0 Å². The van der Waals surface area contributed by atoms with Crippen LogP contribution in [0.1, 0.15) is 12.6 Å². The number of nitrogens with one attached hydrogen (secondary N) is 1. The molecule has 0 saturated carbocycles. The summed E-state index contributed by atoms with van der Waals surface area (Å²) in [5, 5.41) is 19.8. The highest BCUT2D eigenvalue weighted by Gasteiger charge is 2.26. The van der Waals surface area contributed by atoms with E-state index in [0.29, 0.717) is 17.1 Å². The maximum Gasteiger partial charge on any atom is 0.365 e. The third-order valence-electron chi connectivity index (χ3n) is 4.60. The number of phenols is 1. The van der Waals surface area contributed by atoms with Crippen LogP contribution in [0.5, 0.6) is 5.75 Å². The average molecular weight is 407 g/mol. The molecule has 0 aliphatic rings. The Morgan fingerprint density at radius 2 is 1.87 bits per heavy atom. The quantitative estimate of drug-likeness (QED) is 0.293. The zero-order valence-electron chi connectivity index (χ0n) is 17.2. The highest BCUT2D eigenvalue weighted by Crippen LogP contribution is 2.30. The average Bonchev–Trinajstić information content (AvgIpc) is 2.72. The number of aromatic hydroxyl groups is 1. The number of para-hydroxylation sites is 1. The third kappa shape index (κ3) is 4.22. The fourth-order valence-corrected chi connectivity index (χ4v) is 3.16. The number of fused-ring (bicyclic) bond motifs is 1. The van der Waals surface area contributed by atoms with Crippen molar-refractivity contribution in [2.24, 2.45) is 12.1 Å². The van der Waals surface area contributed by atoms with Gasteiger partial charge in [-0.05, 0) is 24.3 Å². The number of nitrogens with zero attached hydrogens (tertiary/aromatic N) is 3. The van der Waals surface area contributed by atoms with Crippen LogP contribution in [0.15, 0.2) is 59.7 Å². The number of methoxy groups -OCH3 is 1. The van der Waals surface area contributed by atoms with Gasteiger partial charge in [0.15, 0.2) is 0 Å². The molecule has 3 rings (SSSR count). The summed E-state index contributed by atoms with van der Waals surface area (Å²) in [6, 6.07) is 16.1. The fraction of sp³-hybridized carbons (Fsp3) is 0.182. The van der Waals surface area contributed by atoms with Crippen molar-refractivity contribution in [3.8, 4) is 5.75 Å². The number of phenolic OH excluding ortho intramolecular Hbond substituents is 1. The smallest absolute Gasteiger partial charge is 0.365 e. The van der Waals surface area contributed by atoms with Gasteiger partial charge in [0.25, 0.3) is 0 Å². The Morgan fingerprint density at radius 3 is 2.53 bits per heavy atom. The maximum absolute atomic E-state index is 12.5. The molecule has 8 heteroatoms. The number of amides is 1. The van der Waals surface area contributed by atoms with Gasteiger partial charge in [-0.2, -0.15) is 9.67 Å². The van der Waals surface area contributed by atoms with E-state index in [9.17, 15) is 14.7 Å². The van der Waals surface area contributed by atoms with Gasteiger partial charge in [-0.1, -0.05) is 12.1 Å². The van der Waals surface area contributed by atoms with E-state index in [4.69, 9.17) is 4.74 Å². The first-order valence-electron chi connectivity index (χ1n) is 9.21. The Labute approximate surface area is 174 Å². The number of carbonyl (C=O) groups is 2. The second-order valence-corrected chi connectivity index (χ2v) is 6.68. The minimum absolute atomic E-state index is 0.0820. The van der Waals surface area contributed by atoms with E-state index >= 15 is 0 Å². The molecule has 0 aliphatic carbocycles. The van der Waals surface area contributed by atoms with Gasteiger partial charge in [-0.25, -0.2) is 4.79 Å². The normalized spacial score (nSPS) is 11.3. The summed E-state index contributed by atoms with van der Waals surface area (Å²) in [5.41, 5.74) is 2.38. The van der Waals surface area contributed by atoms with Crippen LogP contribution in [0.25, 0.3) is 10.9 Å². The minimum atomic E-state index is -0.609. The maximum atomic E-state index is 12.5. The topological polar surface area (TPSA) is 95.1 Å². The molecule has 1 amide bonds. The lowest BCUT2D eigenvalue weighted by atomic mass is 10.1. The monoisotopic (exact) mass is 407 g/mol. The van der Waals surface area contributed by atoms with E-state index in [1.165, 1.54) is 25.1 Å². The second-order valence-electron chi connectivity index (χ2n) is 6.68. The number of ether oxygens (including phenoxy) is 1. The van der Waals surface area contributed by atoms with E-state index in [1.807, 2.05) is 41.9 Å². The molecule has 2 aromatic carbocycles. The van der Waals surface area contributed by atoms with Crippen LogP contribution < -0.4 is 14.9 Å². The summed E-state index contributed by atoms with van der Waals surface area (Å²) in [7, 11) is 4.74. The van der Waals surface area contributed by atoms with Gasteiger partial charge in [-0.3, -0.25) is 9.80 Å². The lowest BCUT2D eigenvalue weighted by Crippen LogP contribution is -2.40. The Hall–Kier alpha value is -3.94. The zero-order valence-corrected chi connectivity index (χ0v) is 17.2. The van der Waals surface area contributed by atoms with Gasteiger partial charge in [0.05, 0.1) is 7.11 Å². The lowest BCUT2D eigenvalue weighted by molar-refractivity contribution is -0.646. The summed E-state index contributed by atoms with van der Waals surface area (Å²) < 4.78 is 6.80. The number of hydrogen-bond acceptors (Lipinski definition) is 6. The van der Waals surface area contributed by atoms with Crippen LogP contribution in [-0.2, 0) is 21.4 Å². The largest absolute Gasteiger partial charge is 0.506 e. The van der Waals surface area contributed by atoms with Crippen LogP contribution in [0.3, 0.4) is 0 Å². The van der Waals surface area contributed by atoms with Gasteiger partial charge in [0.2, 0.25) is 22.8 Å². The molecule has 0 unspecified atom stereocenters. The lowest BCUT2D eigenvalue weighted by Gasteiger charge is -2.17. The van der Waals surface area contributed by atoms with Crippen molar-refractivity contribution in [2.75, 3.05) is 24.5 Å². The predicted octanol–water partition coefficient (Wildman–Crippen LogP) is 2.34. The molecule has 0 bridgehead atoms. The van der Waals surface area contributed by atoms with Gasteiger partial charge in [-0.15, -0.1) is 0 Å².